The zero-order chi connectivity index (χ0) is 10.2. The predicted molar refractivity (Wildman–Crippen MR) is 55.8 cm³/mol. The molecule has 1 saturated heterocycles. The molecule has 0 aromatic carbocycles. The lowest BCUT2D eigenvalue weighted by molar-refractivity contribution is 0.0889. The summed E-state index contributed by atoms with van der Waals surface area (Å²) in [5.74, 6) is 0. The Morgan fingerprint density at radius 2 is 2.21 bits per heavy atom. The molecule has 1 fully saturated rings. The summed E-state index contributed by atoms with van der Waals surface area (Å²) in [5, 5.41) is 17.6. The van der Waals surface area contributed by atoms with Gasteiger partial charge < -0.3 is 5.11 Å². The summed E-state index contributed by atoms with van der Waals surface area (Å²) in [7, 11) is 0. The number of aliphatic hydroxyl groups is 1. The van der Waals surface area contributed by atoms with Crippen LogP contribution in [0.3, 0.4) is 0 Å². The maximum Gasteiger partial charge on any atom is 0.0621 e. The van der Waals surface area contributed by atoms with Gasteiger partial charge in [0.15, 0.2) is 0 Å². The van der Waals surface area contributed by atoms with Crippen LogP contribution in [0.25, 0.3) is 0 Å². The number of piperidine rings is 1. The van der Waals surface area contributed by atoms with Gasteiger partial charge in [0.05, 0.1) is 12.7 Å². The Balaban J connectivity index is 2.17. The molecule has 80 valence electrons. The quantitative estimate of drug-likeness (QED) is 0.678. The molecular weight excluding hydrogens is 176 g/mol. The normalized spacial score (nSPS) is 23.3. The van der Waals surface area contributed by atoms with Gasteiger partial charge in [0.25, 0.3) is 0 Å². The molecule has 1 heterocycles. The van der Waals surface area contributed by atoms with E-state index in [1.807, 2.05) is 0 Å². The number of aliphatic hydroxyl groups excluding tert-OH is 1. The second-order valence-electron chi connectivity index (χ2n) is 3.98. The molecule has 0 bridgehead atoms. The average molecular weight is 196 g/mol. The zero-order valence-corrected chi connectivity index (χ0v) is 8.78. The molecule has 0 amide bonds. The van der Waals surface area contributed by atoms with Crippen molar-refractivity contribution in [3.63, 3.8) is 0 Å². The van der Waals surface area contributed by atoms with Crippen molar-refractivity contribution in [1.82, 2.24) is 4.90 Å². The molecule has 1 N–H and O–H groups in total. The Labute approximate surface area is 86.3 Å². The molecule has 3 heteroatoms. The third-order valence-corrected chi connectivity index (χ3v) is 2.94. The first-order chi connectivity index (χ1) is 6.88. The van der Waals surface area contributed by atoms with Crippen molar-refractivity contribution in [1.29, 1.82) is 5.26 Å². The van der Waals surface area contributed by atoms with Crippen molar-refractivity contribution in [2.75, 3.05) is 19.7 Å². The van der Waals surface area contributed by atoms with Crippen LogP contribution in [0.5, 0.6) is 0 Å². The maximum atomic E-state index is 9.17. The van der Waals surface area contributed by atoms with Crippen molar-refractivity contribution < 1.29 is 5.11 Å². The fraction of sp³-hybridized carbons (Fsp3) is 0.909. The molecule has 0 aromatic heterocycles. The average Bonchev–Trinajstić information content (AvgIpc) is 2.25. The fourth-order valence-corrected chi connectivity index (χ4v) is 2.08. The Bertz CT molecular complexity index is 188. The van der Waals surface area contributed by atoms with Crippen molar-refractivity contribution >= 4 is 0 Å². The molecule has 0 aromatic rings. The van der Waals surface area contributed by atoms with Gasteiger partial charge in [-0.15, -0.1) is 0 Å². The van der Waals surface area contributed by atoms with Crippen molar-refractivity contribution in [2.45, 2.75) is 44.6 Å². The Morgan fingerprint density at radius 1 is 1.36 bits per heavy atom. The second-order valence-corrected chi connectivity index (χ2v) is 3.98. The number of rotatable bonds is 5. The minimum atomic E-state index is 0.290. The van der Waals surface area contributed by atoms with Gasteiger partial charge in [-0.1, -0.05) is 6.42 Å². The van der Waals surface area contributed by atoms with Crippen LogP contribution in [-0.2, 0) is 0 Å². The smallest absolute Gasteiger partial charge is 0.0621 e. The standard InChI is InChI=1S/C11H20N2O/c12-7-3-1-4-8-13-9-5-2-6-11(13)10-14/h11,14H,1-6,8-10H2/t11-/m0/s1. The van der Waals surface area contributed by atoms with Crippen LogP contribution < -0.4 is 0 Å². The lowest BCUT2D eigenvalue weighted by Gasteiger charge is -2.34. The largest absolute Gasteiger partial charge is 0.395 e. The van der Waals surface area contributed by atoms with E-state index in [1.54, 1.807) is 0 Å². The summed E-state index contributed by atoms with van der Waals surface area (Å²) in [4.78, 5) is 2.38. The molecule has 3 nitrogen and oxygen atoms in total. The summed E-state index contributed by atoms with van der Waals surface area (Å²) in [6.45, 7) is 2.46. The molecule has 0 saturated carbocycles. The van der Waals surface area contributed by atoms with Gasteiger partial charge in [-0.3, -0.25) is 4.90 Å². The molecule has 0 spiro atoms. The maximum absolute atomic E-state index is 9.17. The van der Waals surface area contributed by atoms with Crippen LogP contribution in [0, 0.1) is 11.3 Å². The van der Waals surface area contributed by atoms with E-state index in [2.05, 4.69) is 11.0 Å². The number of nitriles is 1. The molecule has 1 atom stereocenters. The molecule has 0 radical (unpaired) electrons. The molecular formula is C11H20N2O. The highest BCUT2D eigenvalue weighted by atomic mass is 16.3. The van der Waals surface area contributed by atoms with E-state index in [1.165, 1.54) is 12.8 Å². The fourth-order valence-electron chi connectivity index (χ4n) is 2.08. The Morgan fingerprint density at radius 3 is 2.93 bits per heavy atom. The van der Waals surface area contributed by atoms with E-state index in [4.69, 9.17) is 5.26 Å². The highest BCUT2D eigenvalue weighted by molar-refractivity contribution is 4.76. The minimum Gasteiger partial charge on any atom is -0.395 e. The monoisotopic (exact) mass is 196 g/mol. The first-order valence-electron chi connectivity index (χ1n) is 5.60. The van der Waals surface area contributed by atoms with Gasteiger partial charge in [0.1, 0.15) is 0 Å². The second kappa shape index (κ2) is 6.80. The van der Waals surface area contributed by atoms with E-state index >= 15 is 0 Å². The van der Waals surface area contributed by atoms with Gasteiger partial charge in [-0.05, 0) is 38.8 Å². The number of likely N-dealkylation sites (tertiary alicyclic amines) is 1. The van der Waals surface area contributed by atoms with E-state index in [0.717, 1.165) is 32.4 Å². The van der Waals surface area contributed by atoms with Gasteiger partial charge in [0, 0.05) is 12.5 Å². The summed E-state index contributed by atoms with van der Waals surface area (Å²) >= 11 is 0. The first kappa shape index (κ1) is 11.5. The lowest BCUT2D eigenvalue weighted by Crippen LogP contribution is -2.42. The van der Waals surface area contributed by atoms with Crippen LogP contribution in [0.15, 0.2) is 0 Å². The van der Waals surface area contributed by atoms with Crippen LogP contribution in [0.2, 0.25) is 0 Å². The summed E-state index contributed by atoms with van der Waals surface area (Å²) < 4.78 is 0. The van der Waals surface area contributed by atoms with E-state index < -0.39 is 0 Å². The first-order valence-corrected chi connectivity index (χ1v) is 5.60. The molecule has 1 rings (SSSR count). The zero-order valence-electron chi connectivity index (χ0n) is 8.78. The van der Waals surface area contributed by atoms with E-state index in [0.29, 0.717) is 12.5 Å². The third-order valence-electron chi connectivity index (χ3n) is 2.94. The third kappa shape index (κ3) is 3.65. The summed E-state index contributed by atoms with van der Waals surface area (Å²) in [6.07, 6.45) is 6.39. The summed E-state index contributed by atoms with van der Waals surface area (Å²) in [6, 6.07) is 2.54. The molecule has 1 aliphatic rings. The van der Waals surface area contributed by atoms with Crippen LogP contribution in [0.1, 0.15) is 38.5 Å². The van der Waals surface area contributed by atoms with Gasteiger partial charge in [0.2, 0.25) is 0 Å². The van der Waals surface area contributed by atoms with Gasteiger partial charge >= 0.3 is 0 Å². The van der Waals surface area contributed by atoms with Gasteiger partial charge in [-0.25, -0.2) is 0 Å². The number of hydrogen-bond acceptors (Lipinski definition) is 3. The highest BCUT2D eigenvalue weighted by Gasteiger charge is 2.20. The van der Waals surface area contributed by atoms with Crippen molar-refractivity contribution in [3.8, 4) is 6.07 Å². The predicted octanol–water partition coefficient (Wildman–Crippen LogP) is 1.53. The topological polar surface area (TPSA) is 47.3 Å². The van der Waals surface area contributed by atoms with E-state index in [9.17, 15) is 5.11 Å². The number of hydrogen-bond donors (Lipinski definition) is 1. The highest BCUT2D eigenvalue weighted by Crippen LogP contribution is 2.17. The lowest BCUT2D eigenvalue weighted by atomic mass is 10.0. The van der Waals surface area contributed by atoms with Gasteiger partial charge in [-0.2, -0.15) is 5.26 Å². The van der Waals surface area contributed by atoms with Crippen LogP contribution in [-0.4, -0.2) is 35.7 Å². The van der Waals surface area contributed by atoms with E-state index in [-0.39, 0.29) is 6.61 Å². The molecule has 1 aliphatic heterocycles. The Hall–Kier alpha value is -0.590. The SMILES string of the molecule is N#CCCCCN1CCCC[C@H]1CO. The molecule has 0 unspecified atom stereocenters. The Kier molecular flexibility index (Phi) is 5.58. The molecule has 14 heavy (non-hydrogen) atoms. The van der Waals surface area contributed by atoms with Crippen molar-refractivity contribution in [3.05, 3.63) is 0 Å². The molecule has 0 aliphatic carbocycles. The number of nitrogens with zero attached hydrogens (tertiary/aromatic N) is 2. The van der Waals surface area contributed by atoms with Crippen LogP contribution >= 0.6 is 0 Å². The minimum absolute atomic E-state index is 0.290. The summed E-state index contributed by atoms with van der Waals surface area (Å²) in [5.41, 5.74) is 0. The van der Waals surface area contributed by atoms with Crippen molar-refractivity contribution in [2.24, 2.45) is 0 Å². The number of unbranched alkanes of at least 4 members (excludes halogenated alkanes) is 2. The van der Waals surface area contributed by atoms with Crippen LogP contribution in [0.4, 0.5) is 0 Å².